The molecule has 0 aliphatic rings. The van der Waals surface area contributed by atoms with Crippen LogP contribution in [0.1, 0.15) is 20.8 Å². The highest BCUT2D eigenvalue weighted by molar-refractivity contribution is 5.80. The Kier molecular flexibility index (Phi) is 5.50. The fourth-order valence-electron chi connectivity index (χ4n) is 1.29. The van der Waals surface area contributed by atoms with E-state index in [0.29, 0.717) is 0 Å². The highest BCUT2D eigenvalue weighted by Gasteiger charge is 2.62. The van der Waals surface area contributed by atoms with Gasteiger partial charge in [-0.05, 0) is 20.8 Å². The summed E-state index contributed by atoms with van der Waals surface area (Å²) in [4.78, 5) is 21.9. The third-order valence-electron chi connectivity index (χ3n) is 1.98. The first-order chi connectivity index (χ1) is 9.05. The van der Waals surface area contributed by atoms with E-state index >= 15 is 0 Å². The molecule has 0 aromatic heterocycles. The van der Waals surface area contributed by atoms with E-state index in [2.05, 4.69) is 4.74 Å². The monoisotopic (exact) mass is 325 g/mol. The van der Waals surface area contributed by atoms with Crippen molar-refractivity contribution in [2.45, 2.75) is 44.8 Å². The van der Waals surface area contributed by atoms with Crippen molar-refractivity contribution in [2.24, 2.45) is 5.92 Å². The first kappa shape index (κ1) is 19.3. The lowest BCUT2D eigenvalue weighted by Gasteiger charge is -2.29. The average Bonchev–Trinajstić information content (AvgIpc) is 2.07. The van der Waals surface area contributed by atoms with Crippen LogP contribution in [0.15, 0.2) is 0 Å². The zero-order chi connectivity index (χ0) is 17.2. The number of carboxylic acid groups (broad SMARTS) is 1. The van der Waals surface area contributed by atoms with Gasteiger partial charge in [-0.15, -0.1) is 0 Å². The van der Waals surface area contributed by atoms with Crippen molar-refractivity contribution in [2.75, 3.05) is 0 Å². The number of hydrogen-bond donors (Lipinski definition) is 2. The summed E-state index contributed by atoms with van der Waals surface area (Å²) < 4.78 is 79.1. The predicted molar refractivity (Wildman–Crippen MR) is 56.4 cm³/mol. The zero-order valence-electron chi connectivity index (χ0n) is 11.1. The van der Waals surface area contributed by atoms with Crippen molar-refractivity contribution in [1.29, 1.82) is 0 Å². The van der Waals surface area contributed by atoms with E-state index in [1.54, 1.807) is 0 Å². The van der Waals surface area contributed by atoms with Gasteiger partial charge in [-0.3, -0.25) is 0 Å². The highest BCUT2D eigenvalue weighted by atomic mass is 19.4. The van der Waals surface area contributed by atoms with Crippen LogP contribution in [0, 0.1) is 5.92 Å². The van der Waals surface area contributed by atoms with Gasteiger partial charge in [0.25, 0.3) is 0 Å². The molecule has 124 valence electrons. The molecule has 0 radical (unpaired) electrons. The van der Waals surface area contributed by atoms with Gasteiger partial charge >= 0.3 is 24.4 Å². The second-order valence-electron chi connectivity index (χ2n) is 5.02. The Bertz CT molecular complexity index is 384. The molecule has 2 N–H and O–H groups in total. The molecular formula is C10H13F6NO4. The van der Waals surface area contributed by atoms with Gasteiger partial charge in [-0.2, -0.15) is 26.3 Å². The van der Waals surface area contributed by atoms with Gasteiger partial charge in [0.2, 0.25) is 0 Å². The number of aliphatic carboxylic acids is 1. The number of nitrogens with one attached hydrogen (secondary N) is 1. The molecule has 0 aliphatic carbocycles. The molecule has 0 bridgehead atoms. The number of carbonyl (C=O) groups excluding carboxylic acids is 1. The first-order valence-corrected chi connectivity index (χ1v) is 5.41. The van der Waals surface area contributed by atoms with Crippen LogP contribution in [0.3, 0.4) is 0 Å². The van der Waals surface area contributed by atoms with Crippen molar-refractivity contribution in [3.05, 3.63) is 0 Å². The van der Waals surface area contributed by atoms with Crippen molar-refractivity contribution in [1.82, 2.24) is 5.32 Å². The quantitative estimate of drug-likeness (QED) is 0.782. The lowest BCUT2D eigenvalue weighted by Crippen LogP contribution is -2.56. The lowest BCUT2D eigenvalue weighted by molar-refractivity contribution is -0.290. The van der Waals surface area contributed by atoms with Gasteiger partial charge in [0.1, 0.15) is 11.6 Å². The summed E-state index contributed by atoms with van der Waals surface area (Å²) in [5.41, 5.74) is -1.22. The van der Waals surface area contributed by atoms with Gasteiger partial charge in [-0.1, -0.05) is 0 Å². The molecule has 0 saturated carbocycles. The molecule has 1 amide bonds. The number of amides is 1. The maximum atomic E-state index is 12.4. The normalized spacial score (nSPS) is 14.8. The summed E-state index contributed by atoms with van der Waals surface area (Å²) in [6.07, 6.45) is -13.5. The minimum atomic E-state index is -5.91. The largest absolute Gasteiger partial charge is 0.480 e. The molecule has 0 spiro atoms. The molecule has 0 heterocycles. The van der Waals surface area contributed by atoms with E-state index < -0.39 is 42.0 Å². The summed E-state index contributed by atoms with van der Waals surface area (Å²) in [5.74, 6) is -6.74. The Labute approximate surface area is 115 Å². The molecular weight excluding hydrogens is 312 g/mol. The van der Waals surface area contributed by atoms with Crippen molar-refractivity contribution >= 4 is 12.1 Å². The molecule has 0 saturated heterocycles. The summed E-state index contributed by atoms with van der Waals surface area (Å²) >= 11 is 0. The van der Waals surface area contributed by atoms with Crippen LogP contribution in [0.5, 0.6) is 0 Å². The molecule has 11 heteroatoms. The summed E-state index contributed by atoms with van der Waals surface area (Å²) in [6, 6.07) is -3.25. The van der Waals surface area contributed by atoms with Gasteiger partial charge < -0.3 is 15.2 Å². The summed E-state index contributed by atoms with van der Waals surface area (Å²) in [7, 11) is 0. The molecule has 0 fully saturated rings. The molecule has 0 aromatic carbocycles. The van der Waals surface area contributed by atoms with Crippen LogP contribution in [0.25, 0.3) is 0 Å². The van der Waals surface area contributed by atoms with Crippen LogP contribution in [-0.2, 0) is 9.53 Å². The molecule has 0 aromatic rings. The second kappa shape index (κ2) is 5.98. The van der Waals surface area contributed by atoms with E-state index in [-0.39, 0.29) is 0 Å². The van der Waals surface area contributed by atoms with Crippen LogP contribution in [-0.4, -0.2) is 41.2 Å². The predicted octanol–water partition coefficient (Wildman–Crippen LogP) is 2.71. The van der Waals surface area contributed by atoms with E-state index in [4.69, 9.17) is 5.11 Å². The number of rotatable bonds is 3. The Hall–Kier alpha value is -1.68. The first-order valence-electron chi connectivity index (χ1n) is 5.41. The van der Waals surface area contributed by atoms with Gasteiger partial charge in [0, 0.05) is 0 Å². The van der Waals surface area contributed by atoms with Gasteiger partial charge in [0.15, 0.2) is 5.92 Å². The van der Waals surface area contributed by atoms with Crippen molar-refractivity contribution in [3.63, 3.8) is 0 Å². The fraction of sp³-hybridized carbons (Fsp3) is 0.800. The minimum Gasteiger partial charge on any atom is -0.480 e. The summed E-state index contributed by atoms with van der Waals surface area (Å²) in [6.45, 7) is 3.90. The molecule has 0 rings (SSSR count). The fourth-order valence-corrected chi connectivity index (χ4v) is 1.29. The Morgan fingerprint density at radius 1 is 1.00 bits per heavy atom. The van der Waals surface area contributed by atoms with E-state index in [1.807, 2.05) is 0 Å². The molecule has 0 aliphatic heterocycles. The standard InChI is InChI=1S/C10H13F6NO4/c1-8(2,3)21-7(20)17-4(6(18)19)5(9(11,12)13)10(14,15)16/h4-5H,1-3H3,(H,17,20)(H,18,19)/t4-/m1/s1. The number of carbonyl (C=O) groups is 2. The van der Waals surface area contributed by atoms with E-state index in [0.717, 1.165) is 5.32 Å². The Morgan fingerprint density at radius 3 is 1.62 bits per heavy atom. The molecule has 1 atom stereocenters. The Morgan fingerprint density at radius 2 is 1.38 bits per heavy atom. The van der Waals surface area contributed by atoms with Crippen LogP contribution < -0.4 is 5.32 Å². The van der Waals surface area contributed by atoms with Crippen LogP contribution in [0.2, 0.25) is 0 Å². The Balaban J connectivity index is 5.38. The third-order valence-corrected chi connectivity index (χ3v) is 1.98. The maximum absolute atomic E-state index is 12.4. The third kappa shape index (κ3) is 6.54. The molecule has 21 heavy (non-hydrogen) atoms. The van der Waals surface area contributed by atoms with Gasteiger partial charge in [-0.25, -0.2) is 9.59 Å². The molecule has 0 unspecified atom stereocenters. The zero-order valence-corrected chi connectivity index (χ0v) is 11.1. The smallest absolute Gasteiger partial charge is 0.408 e. The van der Waals surface area contributed by atoms with Crippen LogP contribution in [0.4, 0.5) is 31.1 Å². The molecule has 5 nitrogen and oxygen atoms in total. The van der Waals surface area contributed by atoms with Crippen molar-refractivity contribution in [3.8, 4) is 0 Å². The topological polar surface area (TPSA) is 75.6 Å². The number of alkyl carbamates (subject to hydrolysis) is 1. The minimum absolute atomic E-state index is 1.09. The number of halogens is 6. The van der Waals surface area contributed by atoms with Crippen LogP contribution >= 0.6 is 0 Å². The maximum Gasteiger partial charge on any atom is 0.408 e. The number of alkyl halides is 6. The van der Waals surface area contributed by atoms with E-state index in [1.165, 1.54) is 20.8 Å². The number of hydrogen-bond acceptors (Lipinski definition) is 3. The van der Waals surface area contributed by atoms with Gasteiger partial charge in [0.05, 0.1) is 0 Å². The second-order valence-corrected chi connectivity index (χ2v) is 5.02. The average molecular weight is 325 g/mol. The lowest BCUT2D eigenvalue weighted by atomic mass is 9.98. The number of ether oxygens (including phenoxy) is 1. The van der Waals surface area contributed by atoms with Crippen molar-refractivity contribution < 1.29 is 45.8 Å². The SMILES string of the molecule is CC(C)(C)OC(=O)N[C@@H](C(=O)O)C(C(F)(F)F)C(F)(F)F. The highest BCUT2D eigenvalue weighted by Crippen LogP contribution is 2.41. The number of carboxylic acids is 1. The summed E-state index contributed by atoms with van der Waals surface area (Å²) in [5, 5.41) is 9.63. The van der Waals surface area contributed by atoms with E-state index in [9.17, 15) is 35.9 Å².